The summed E-state index contributed by atoms with van der Waals surface area (Å²) in [7, 11) is 1.95. The Morgan fingerprint density at radius 2 is 1.88 bits per heavy atom. The summed E-state index contributed by atoms with van der Waals surface area (Å²) in [5.74, 6) is 0.763. The fourth-order valence-corrected chi connectivity index (χ4v) is 3.70. The summed E-state index contributed by atoms with van der Waals surface area (Å²) in [6, 6.07) is 10.7. The summed E-state index contributed by atoms with van der Waals surface area (Å²) < 4.78 is 0. The quantitative estimate of drug-likeness (QED) is 0.796. The van der Waals surface area contributed by atoms with Gasteiger partial charge in [-0.15, -0.1) is 0 Å². The lowest BCUT2D eigenvalue weighted by molar-refractivity contribution is -0.134. The van der Waals surface area contributed by atoms with Gasteiger partial charge >= 0.3 is 0 Å². The van der Waals surface area contributed by atoms with Crippen LogP contribution in [0.15, 0.2) is 30.3 Å². The number of hydrogen-bond donors (Lipinski definition) is 1. The fraction of sp³-hybridized carbons (Fsp3) is 0.650. The lowest BCUT2D eigenvalue weighted by Gasteiger charge is -2.37. The predicted molar refractivity (Wildman–Crippen MR) is 97.9 cm³/mol. The van der Waals surface area contributed by atoms with Crippen LogP contribution in [0.4, 0.5) is 0 Å². The Labute approximate surface area is 146 Å². The number of aliphatic hydroxyl groups excluding tert-OH is 1. The minimum atomic E-state index is 0.0889. The zero-order valence-corrected chi connectivity index (χ0v) is 15.2. The molecule has 2 unspecified atom stereocenters. The van der Waals surface area contributed by atoms with E-state index in [-0.39, 0.29) is 12.5 Å². The van der Waals surface area contributed by atoms with Gasteiger partial charge in [-0.25, -0.2) is 0 Å². The van der Waals surface area contributed by atoms with Crippen LogP contribution in [0.25, 0.3) is 0 Å². The molecular weight excluding hydrogens is 300 g/mol. The summed E-state index contributed by atoms with van der Waals surface area (Å²) in [6.07, 6.45) is 5.75. The number of aliphatic hydroxyl groups is 1. The third kappa shape index (κ3) is 5.60. The fourth-order valence-electron chi connectivity index (χ4n) is 3.70. The number of benzene rings is 1. The van der Waals surface area contributed by atoms with Crippen molar-refractivity contribution < 1.29 is 9.90 Å². The number of amides is 1. The average molecular weight is 332 g/mol. The number of hydrogen-bond acceptors (Lipinski definition) is 3. The molecule has 1 fully saturated rings. The van der Waals surface area contributed by atoms with Gasteiger partial charge in [-0.2, -0.15) is 0 Å². The van der Waals surface area contributed by atoms with Crippen molar-refractivity contribution in [1.29, 1.82) is 0 Å². The molecule has 2 atom stereocenters. The van der Waals surface area contributed by atoms with Crippen LogP contribution in [-0.2, 0) is 11.2 Å². The molecule has 0 aromatic heterocycles. The molecule has 4 nitrogen and oxygen atoms in total. The van der Waals surface area contributed by atoms with Crippen molar-refractivity contribution in [3.05, 3.63) is 35.9 Å². The smallest absolute Gasteiger partial charge is 0.236 e. The van der Waals surface area contributed by atoms with Gasteiger partial charge in [0, 0.05) is 26.2 Å². The highest BCUT2D eigenvalue weighted by Crippen LogP contribution is 2.27. The molecule has 1 aliphatic carbocycles. The largest absolute Gasteiger partial charge is 0.395 e. The third-order valence-electron chi connectivity index (χ3n) is 5.29. The van der Waals surface area contributed by atoms with Crippen LogP contribution in [0.1, 0.15) is 38.2 Å². The van der Waals surface area contributed by atoms with Crippen LogP contribution in [0.2, 0.25) is 0 Å². The molecule has 0 saturated heterocycles. The zero-order chi connectivity index (χ0) is 17.4. The second-order valence-corrected chi connectivity index (χ2v) is 7.07. The maximum Gasteiger partial charge on any atom is 0.236 e. The molecule has 1 saturated carbocycles. The van der Waals surface area contributed by atoms with E-state index in [1.807, 2.05) is 30.1 Å². The number of carbonyl (C=O) groups excluding carboxylic acids is 1. The molecule has 2 rings (SSSR count). The zero-order valence-electron chi connectivity index (χ0n) is 15.2. The molecule has 0 spiro atoms. The first-order chi connectivity index (χ1) is 11.6. The number of likely N-dealkylation sites (N-methyl/N-ethyl adjacent to an activating group) is 1. The summed E-state index contributed by atoms with van der Waals surface area (Å²) in [5, 5.41) is 9.31. The minimum Gasteiger partial charge on any atom is -0.395 e. The van der Waals surface area contributed by atoms with Gasteiger partial charge < -0.3 is 10.0 Å². The standard InChI is InChI=1S/C20H32N2O2/c1-17-8-6-7-11-19(17)21(2)20(24)16-22(14-15-23)13-12-18-9-4-3-5-10-18/h3-5,9-10,17,19,23H,6-8,11-16H2,1-2H3. The van der Waals surface area contributed by atoms with Crippen molar-refractivity contribution >= 4 is 5.91 Å². The Balaban J connectivity index is 1.87. The summed E-state index contributed by atoms with van der Waals surface area (Å²) in [6.45, 7) is 4.09. The molecule has 24 heavy (non-hydrogen) atoms. The van der Waals surface area contributed by atoms with Gasteiger partial charge in [0.2, 0.25) is 5.91 Å². The van der Waals surface area contributed by atoms with Gasteiger partial charge in [0.1, 0.15) is 0 Å². The molecule has 1 aromatic rings. The Morgan fingerprint density at radius 3 is 2.54 bits per heavy atom. The van der Waals surface area contributed by atoms with Crippen LogP contribution in [0, 0.1) is 5.92 Å². The molecular formula is C20H32N2O2. The molecule has 0 radical (unpaired) electrons. The van der Waals surface area contributed by atoms with Crippen LogP contribution in [0.5, 0.6) is 0 Å². The highest BCUT2D eigenvalue weighted by Gasteiger charge is 2.28. The van der Waals surface area contributed by atoms with Crippen molar-refractivity contribution in [1.82, 2.24) is 9.80 Å². The van der Waals surface area contributed by atoms with Crippen molar-refractivity contribution in [3.63, 3.8) is 0 Å². The van der Waals surface area contributed by atoms with Gasteiger partial charge in [-0.1, -0.05) is 50.1 Å². The SMILES string of the molecule is CC1CCCCC1N(C)C(=O)CN(CCO)CCc1ccccc1. The molecule has 1 N–H and O–H groups in total. The van der Waals surface area contributed by atoms with Gasteiger partial charge in [-0.3, -0.25) is 9.69 Å². The molecule has 0 aliphatic heterocycles. The first-order valence-electron chi connectivity index (χ1n) is 9.24. The Morgan fingerprint density at radius 1 is 1.17 bits per heavy atom. The van der Waals surface area contributed by atoms with Crippen molar-refractivity contribution in [2.24, 2.45) is 5.92 Å². The van der Waals surface area contributed by atoms with Gasteiger partial charge in [-0.05, 0) is 30.7 Å². The van der Waals surface area contributed by atoms with Crippen molar-refractivity contribution in [3.8, 4) is 0 Å². The minimum absolute atomic E-state index is 0.0889. The number of carbonyl (C=O) groups is 1. The van der Waals surface area contributed by atoms with Crippen LogP contribution in [-0.4, -0.2) is 60.1 Å². The lowest BCUT2D eigenvalue weighted by atomic mass is 9.85. The molecule has 4 heteroatoms. The second kappa shape index (κ2) is 9.80. The molecule has 1 aliphatic rings. The Kier molecular flexibility index (Phi) is 7.73. The summed E-state index contributed by atoms with van der Waals surface area (Å²) in [4.78, 5) is 16.7. The average Bonchev–Trinajstić information content (AvgIpc) is 2.60. The molecule has 1 aromatic carbocycles. The Bertz CT molecular complexity index is 492. The molecule has 0 heterocycles. The van der Waals surface area contributed by atoms with E-state index >= 15 is 0 Å². The van der Waals surface area contributed by atoms with E-state index in [1.165, 1.54) is 24.8 Å². The van der Waals surface area contributed by atoms with E-state index < -0.39 is 0 Å². The van der Waals surface area contributed by atoms with Crippen molar-refractivity contribution in [2.45, 2.75) is 45.1 Å². The van der Waals surface area contributed by atoms with E-state index in [1.54, 1.807) is 0 Å². The van der Waals surface area contributed by atoms with Crippen LogP contribution >= 0.6 is 0 Å². The Hall–Kier alpha value is -1.39. The molecule has 1 amide bonds. The van der Waals surface area contributed by atoms with E-state index in [2.05, 4.69) is 24.0 Å². The van der Waals surface area contributed by atoms with E-state index in [9.17, 15) is 9.90 Å². The number of nitrogens with zero attached hydrogens (tertiary/aromatic N) is 2. The van der Waals surface area contributed by atoms with E-state index in [0.717, 1.165) is 19.4 Å². The first kappa shape index (κ1) is 18.9. The first-order valence-corrected chi connectivity index (χ1v) is 9.24. The topological polar surface area (TPSA) is 43.8 Å². The third-order valence-corrected chi connectivity index (χ3v) is 5.29. The highest BCUT2D eigenvalue weighted by atomic mass is 16.3. The summed E-state index contributed by atoms with van der Waals surface area (Å²) in [5.41, 5.74) is 1.27. The molecule has 134 valence electrons. The summed E-state index contributed by atoms with van der Waals surface area (Å²) >= 11 is 0. The maximum absolute atomic E-state index is 12.7. The monoisotopic (exact) mass is 332 g/mol. The van der Waals surface area contributed by atoms with E-state index in [4.69, 9.17) is 0 Å². The lowest BCUT2D eigenvalue weighted by Crippen LogP contribution is -2.47. The van der Waals surface area contributed by atoms with Gasteiger partial charge in [0.15, 0.2) is 0 Å². The van der Waals surface area contributed by atoms with Gasteiger partial charge in [0.25, 0.3) is 0 Å². The number of rotatable bonds is 8. The second-order valence-electron chi connectivity index (χ2n) is 7.07. The highest BCUT2D eigenvalue weighted by molar-refractivity contribution is 5.78. The van der Waals surface area contributed by atoms with Crippen LogP contribution < -0.4 is 0 Å². The maximum atomic E-state index is 12.7. The van der Waals surface area contributed by atoms with Crippen LogP contribution in [0.3, 0.4) is 0 Å². The molecule has 0 bridgehead atoms. The normalized spacial score (nSPS) is 21.0. The van der Waals surface area contributed by atoms with Gasteiger partial charge in [0.05, 0.1) is 13.2 Å². The predicted octanol–water partition coefficient (Wildman–Crippen LogP) is 2.56. The van der Waals surface area contributed by atoms with Crippen molar-refractivity contribution in [2.75, 3.05) is 33.3 Å². The van der Waals surface area contributed by atoms with E-state index in [0.29, 0.717) is 25.0 Å².